The third kappa shape index (κ3) is 5.34. The number of aryl methyl sites for hydroxylation is 2. The summed E-state index contributed by atoms with van der Waals surface area (Å²) in [5, 5.41) is 2.77. The normalized spacial score (nSPS) is 12.2. The first-order valence-electron chi connectivity index (χ1n) is 9.23. The highest BCUT2D eigenvalue weighted by Crippen LogP contribution is 2.32. The van der Waals surface area contributed by atoms with Crippen LogP contribution in [0.4, 0.5) is 14.5 Å². The number of thiophene rings is 1. The molecule has 0 aliphatic carbocycles. The van der Waals surface area contributed by atoms with E-state index in [0.717, 1.165) is 10.4 Å². The van der Waals surface area contributed by atoms with Crippen molar-refractivity contribution in [1.29, 1.82) is 0 Å². The van der Waals surface area contributed by atoms with E-state index in [1.54, 1.807) is 6.92 Å². The van der Waals surface area contributed by atoms with Gasteiger partial charge in [0.15, 0.2) is 11.5 Å². The summed E-state index contributed by atoms with van der Waals surface area (Å²) in [6, 6.07) is 4.23. The third-order valence-electron chi connectivity index (χ3n) is 4.57. The standard InChI is InChI=1S/C20H21F2N3O4S2/c1-9-10(2)31-19-16(9)18(27)24-15(25-19)8-30-11(3)17(26)23-12-5-6-13(28-4)14(7-12)29-20(21)22/h5-7,11,20H,8H2,1-4H3,(H,23,26)(H,24,25,27)/t11-/m0/s1. The summed E-state index contributed by atoms with van der Waals surface area (Å²) in [4.78, 5) is 33.9. The van der Waals surface area contributed by atoms with Crippen LogP contribution >= 0.6 is 23.1 Å². The van der Waals surface area contributed by atoms with Gasteiger partial charge < -0.3 is 19.8 Å². The molecule has 1 atom stereocenters. The lowest BCUT2D eigenvalue weighted by atomic mass is 10.2. The van der Waals surface area contributed by atoms with Gasteiger partial charge in [-0.05, 0) is 38.5 Å². The predicted octanol–water partition coefficient (Wildman–Crippen LogP) is 4.47. The number of nitrogens with one attached hydrogen (secondary N) is 2. The topological polar surface area (TPSA) is 93.3 Å². The van der Waals surface area contributed by atoms with Gasteiger partial charge in [0.1, 0.15) is 10.7 Å². The first kappa shape index (κ1) is 23.0. The van der Waals surface area contributed by atoms with Gasteiger partial charge in [0.25, 0.3) is 5.56 Å². The van der Waals surface area contributed by atoms with E-state index in [1.807, 2.05) is 13.8 Å². The largest absolute Gasteiger partial charge is 0.493 e. The molecule has 166 valence electrons. The van der Waals surface area contributed by atoms with Crippen molar-refractivity contribution in [2.24, 2.45) is 0 Å². The molecule has 2 N–H and O–H groups in total. The molecule has 0 spiro atoms. The Morgan fingerprint density at radius 2 is 2.06 bits per heavy atom. The number of carbonyl (C=O) groups excluding carboxylic acids is 1. The van der Waals surface area contributed by atoms with Gasteiger partial charge in [-0.25, -0.2) is 4.98 Å². The second-order valence-corrected chi connectivity index (χ2v) is 9.19. The van der Waals surface area contributed by atoms with Crippen LogP contribution in [0.25, 0.3) is 10.2 Å². The zero-order valence-electron chi connectivity index (χ0n) is 17.2. The number of benzene rings is 1. The second kappa shape index (κ2) is 9.65. The summed E-state index contributed by atoms with van der Waals surface area (Å²) in [5.41, 5.74) is 1.03. The average molecular weight is 470 g/mol. The number of aromatic nitrogens is 2. The zero-order valence-corrected chi connectivity index (χ0v) is 18.9. The summed E-state index contributed by atoms with van der Waals surface area (Å²) < 4.78 is 34.5. The minimum absolute atomic E-state index is 0.130. The maximum atomic E-state index is 12.6. The summed E-state index contributed by atoms with van der Waals surface area (Å²) in [6.45, 7) is 2.52. The second-order valence-electron chi connectivity index (χ2n) is 6.66. The van der Waals surface area contributed by atoms with Crippen molar-refractivity contribution >= 4 is 44.9 Å². The van der Waals surface area contributed by atoms with Crippen molar-refractivity contribution in [2.45, 2.75) is 38.4 Å². The van der Waals surface area contributed by atoms with E-state index in [2.05, 4.69) is 20.0 Å². The molecule has 7 nitrogen and oxygen atoms in total. The van der Waals surface area contributed by atoms with Crippen molar-refractivity contribution in [3.8, 4) is 11.5 Å². The minimum atomic E-state index is -3.02. The van der Waals surface area contributed by atoms with Crippen molar-refractivity contribution in [3.63, 3.8) is 0 Å². The smallest absolute Gasteiger partial charge is 0.387 e. The molecular weight excluding hydrogens is 448 g/mol. The van der Waals surface area contributed by atoms with E-state index in [9.17, 15) is 18.4 Å². The van der Waals surface area contributed by atoms with E-state index in [-0.39, 0.29) is 23.0 Å². The van der Waals surface area contributed by atoms with E-state index in [4.69, 9.17) is 4.74 Å². The predicted molar refractivity (Wildman–Crippen MR) is 119 cm³/mol. The average Bonchev–Trinajstić information content (AvgIpc) is 2.99. The van der Waals surface area contributed by atoms with Crippen LogP contribution in [0.1, 0.15) is 23.2 Å². The van der Waals surface area contributed by atoms with Crippen LogP contribution in [-0.4, -0.2) is 34.8 Å². The number of rotatable bonds is 8. The molecule has 0 aliphatic rings. The lowest BCUT2D eigenvalue weighted by molar-refractivity contribution is -0.115. The first-order chi connectivity index (χ1) is 14.7. The van der Waals surface area contributed by atoms with Crippen LogP contribution in [0.3, 0.4) is 0 Å². The Kier molecular flexibility index (Phi) is 7.16. The summed E-state index contributed by atoms with van der Waals surface area (Å²) in [5.74, 6) is 0.445. The van der Waals surface area contributed by atoms with Gasteiger partial charge in [-0.2, -0.15) is 8.78 Å². The number of anilines is 1. The number of methoxy groups -OCH3 is 1. The van der Waals surface area contributed by atoms with E-state index in [0.29, 0.717) is 27.5 Å². The lowest BCUT2D eigenvalue weighted by Gasteiger charge is -2.14. The molecule has 0 saturated heterocycles. The van der Waals surface area contributed by atoms with Gasteiger partial charge in [-0.1, -0.05) is 0 Å². The molecule has 2 aromatic heterocycles. The number of nitrogens with zero attached hydrogens (tertiary/aromatic N) is 1. The molecule has 0 saturated carbocycles. The molecule has 0 unspecified atom stereocenters. The Hall–Kier alpha value is -2.66. The first-order valence-corrected chi connectivity index (χ1v) is 11.1. The number of alkyl halides is 2. The number of hydrogen-bond acceptors (Lipinski definition) is 7. The molecule has 3 aromatic rings. The Bertz CT molecular complexity index is 1160. The molecular formula is C20H21F2N3O4S2. The highest BCUT2D eigenvalue weighted by molar-refractivity contribution is 7.99. The number of ether oxygens (including phenoxy) is 2. The maximum Gasteiger partial charge on any atom is 0.387 e. The van der Waals surface area contributed by atoms with Crippen molar-refractivity contribution < 1.29 is 23.0 Å². The van der Waals surface area contributed by atoms with Crippen LogP contribution < -0.4 is 20.3 Å². The summed E-state index contributed by atoms with van der Waals surface area (Å²) in [7, 11) is 1.33. The van der Waals surface area contributed by atoms with Gasteiger partial charge in [0.05, 0.1) is 23.5 Å². The highest BCUT2D eigenvalue weighted by Gasteiger charge is 2.18. The van der Waals surface area contributed by atoms with Gasteiger partial charge in [0.2, 0.25) is 5.91 Å². The Morgan fingerprint density at radius 3 is 2.74 bits per heavy atom. The van der Waals surface area contributed by atoms with Crippen molar-refractivity contribution in [1.82, 2.24) is 9.97 Å². The Morgan fingerprint density at radius 1 is 1.32 bits per heavy atom. The lowest BCUT2D eigenvalue weighted by Crippen LogP contribution is -2.23. The Balaban J connectivity index is 1.66. The number of H-pyrrole nitrogens is 1. The number of carbonyl (C=O) groups is 1. The van der Waals surface area contributed by atoms with Crippen molar-refractivity contribution in [3.05, 3.63) is 44.8 Å². The van der Waals surface area contributed by atoms with Gasteiger partial charge >= 0.3 is 6.61 Å². The monoisotopic (exact) mass is 469 g/mol. The number of halogens is 2. The molecule has 3 rings (SSSR count). The van der Waals surface area contributed by atoms with E-state index < -0.39 is 11.9 Å². The Labute approximate surface area is 185 Å². The quantitative estimate of drug-likeness (QED) is 0.506. The molecule has 1 aromatic carbocycles. The van der Waals surface area contributed by atoms with E-state index in [1.165, 1.54) is 48.4 Å². The molecule has 0 fully saturated rings. The molecule has 2 heterocycles. The van der Waals surface area contributed by atoms with Crippen LogP contribution in [0.15, 0.2) is 23.0 Å². The number of amides is 1. The van der Waals surface area contributed by atoms with Crippen LogP contribution in [0, 0.1) is 13.8 Å². The number of hydrogen-bond donors (Lipinski definition) is 2. The number of aromatic amines is 1. The fourth-order valence-electron chi connectivity index (χ4n) is 2.83. The number of thioether (sulfide) groups is 1. The summed E-state index contributed by atoms with van der Waals surface area (Å²) in [6.07, 6.45) is 0. The van der Waals surface area contributed by atoms with E-state index >= 15 is 0 Å². The fourth-order valence-corrected chi connectivity index (χ4v) is 4.64. The van der Waals surface area contributed by atoms with Crippen LogP contribution in [0.5, 0.6) is 11.5 Å². The fraction of sp³-hybridized carbons (Fsp3) is 0.350. The molecule has 0 radical (unpaired) electrons. The molecule has 1 amide bonds. The summed E-state index contributed by atoms with van der Waals surface area (Å²) >= 11 is 2.75. The molecule has 31 heavy (non-hydrogen) atoms. The van der Waals surface area contributed by atoms with Gasteiger partial charge in [-0.3, -0.25) is 9.59 Å². The van der Waals surface area contributed by atoms with Gasteiger partial charge in [0, 0.05) is 16.6 Å². The SMILES string of the molecule is COc1ccc(NC(=O)[C@H](C)SCc2nc3sc(C)c(C)c3c(=O)[nH]2)cc1OC(F)F. The van der Waals surface area contributed by atoms with Crippen molar-refractivity contribution in [2.75, 3.05) is 12.4 Å². The maximum absolute atomic E-state index is 12.6. The molecule has 0 bridgehead atoms. The zero-order chi connectivity index (χ0) is 22.7. The molecule has 11 heteroatoms. The molecule has 0 aliphatic heterocycles. The number of fused-ring (bicyclic) bond motifs is 1. The van der Waals surface area contributed by atoms with Crippen LogP contribution in [-0.2, 0) is 10.5 Å². The minimum Gasteiger partial charge on any atom is -0.493 e. The highest BCUT2D eigenvalue weighted by atomic mass is 32.2. The third-order valence-corrected chi connectivity index (χ3v) is 6.83. The van der Waals surface area contributed by atoms with Gasteiger partial charge in [-0.15, -0.1) is 23.1 Å². The van der Waals surface area contributed by atoms with Crippen LogP contribution in [0.2, 0.25) is 0 Å².